The Kier molecular flexibility index (Phi) is 5.16. The van der Waals surface area contributed by atoms with Gasteiger partial charge in [0.1, 0.15) is 5.75 Å². The van der Waals surface area contributed by atoms with Gasteiger partial charge in [-0.3, -0.25) is 4.79 Å². The highest BCUT2D eigenvalue weighted by Gasteiger charge is 2.09. The zero-order valence-electron chi connectivity index (χ0n) is 15.6. The number of carbonyl (C=O) groups excluding carboxylic acids is 1. The lowest BCUT2D eigenvalue weighted by molar-refractivity contribution is 0.0951. The van der Waals surface area contributed by atoms with E-state index in [1.807, 2.05) is 32.0 Å². The summed E-state index contributed by atoms with van der Waals surface area (Å²) in [6.07, 6.45) is 0.882. The van der Waals surface area contributed by atoms with E-state index in [-0.39, 0.29) is 5.91 Å². The molecule has 1 amide bonds. The van der Waals surface area contributed by atoms with Gasteiger partial charge in [0.25, 0.3) is 5.91 Å². The number of ether oxygens (including phenoxy) is 1. The van der Waals surface area contributed by atoms with Gasteiger partial charge in [-0.05, 0) is 55.7 Å². The van der Waals surface area contributed by atoms with Crippen molar-refractivity contribution in [3.8, 4) is 5.75 Å². The van der Waals surface area contributed by atoms with Gasteiger partial charge in [0.05, 0.1) is 29.5 Å². The molecule has 1 aromatic heterocycles. The van der Waals surface area contributed by atoms with Crippen LogP contribution >= 0.6 is 0 Å². The minimum Gasteiger partial charge on any atom is -0.496 e. The van der Waals surface area contributed by atoms with Gasteiger partial charge in [-0.1, -0.05) is 19.1 Å². The summed E-state index contributed by atoms with van der Waals surface area (Å²) in [6.45, 7) is 6.40. The van der Waals surface area contributed by atoms with Crippen molar-refractivity contribution in [2.45, 2.75) is 33.7 Å². The molecule has 3 rings (SSSR count). The molecule has 2 aromatic carbocycles. The lowest BCUT2D eigenvalue weighted by Crippen LogP contribution is -2.22. The number of carbonyl (C=O) groups is 1. The average Bonchev–Trinajstić information content (AvgIpc) is 2.66. The first-order chi connectivity index (χ1) is 12.5. The third-order valence-electron chi connectivity index (χ3n) is 4.52. The molecule has 0 spiro atoms. The number of nitrogens with zero attached hydrogens (tertiary/aromatic N) is 2. The first-order valence-electron chi connectivity index (χ1n) is 8.70. The molecule has 5 heteroatoms. The quantitative estimate of drug-likeness (QED) is 0.762. The average molecular weight is 349 g/mol. The molecule has 26 heavy (non-hydrogen) atoms. The summed E-state index contributed by atoms with van der Waals surface area (Å²) < 4.78 is 5.34. The Morgan fingerprint density at radius 2 is 1.77 bits per heavy atom. The fourth-order valence-corrected chi connectivity index (χ4v) is 2.87. The number of aryl methyl sites for hydroxylation is 3. The van der Waals surface area contributed by atoms with Crippen LogP contribution in [0.3, 0.4) is 0 Å². The van der Waals surface area contributed by atoms with Gasteiger partial charge in [0.15, 0.2) is 0 Å². The predicted molar refractivity (Wildman–Crippen MR) is 103 cm³/mol. The molecule has 134 valence electrons. The molecule has 5 nitrogen and oxygen atoms in total. The van der Waals surface area contributed by atoms with Gasteiger partial charge in [0.2, 0.25) is 0 Å². The van der Waals surface area contributed by atoms with Crippen LogP contribution in [-0.2, 0) is 13.0 Å². The number of hydrogen-bond acceptors (Lipinski definition) is 4. The number of nitrogens with one attached hydrogen (secondary N) is 1. The van der Waals surface area contributed by atoms with E-state index in [2.05, 4.69) is 28.3 Å². The lowest BCUT2D eigenvalue weighted by Gasteiger charge is -2.10. The summed E-state index contributed by atoms with van der Waals surface area (Å²) in [6, 6.07) is 11.4. The number of rotatable bonds is 5. The van der Waals surface area contributed by atoms with E-state index in [0.29, 0.717) is 12.1 Å². The van der Waals surface area contributed by atoms with Gasteiger partial charge >= 0.3 is 0 Å². The van der Waals surface area contributed by atoms with Crippen LogP contribution in [0.2, 0.25) is 0 Å². The molecule has 0 atom stereocenters. The van der Waals surface area contributed by atoms with Gasteiger partial charge in [-0.25, -0.2) is 9.97 Å². The fraction of sp³-hybridized carbons (Fsp3) is 0.286. The maximum absolute atomic E-state index is 12.5. The number of aromatic nitrogens is 2. The van der Waals surface area contributed by atoms with Crippen LogP contribution in [0.1, 0.15) is 39.8 Å². The number of hydrogen-bond donors (Lipinski definition) is 1. The topological polar surface area (TPSA) is 64.1 Å². The summed E-state index contributed by atoms with van der Waals surface area (Å²) in [5.74, 6) is 0.752. The standard InChI is InChI=1S/C21H23N3O2/c1-5-16-10-15(6-9-20(16)26-4)12-22-21(25)17-7-8-18-19(11-17)24-14(3)13(2)23-18/h6-11H,5,12H2,1-4H3,(H,22,25). The molecule has 1 heterocycles. The molecular formula is C21H23N3O2. The maximum Gasteiger partial charge on any atom is 0.251 e. The minimum absolute atomic E-state index is 0.124. The largest absolute Gasteiger partial charge is 0.496 e. The second kappa shape index (κ2) is 7.52. The summed E-state index contributed by atoms with van der Waals surface area (Å²) in [4.78, 5) is 21.5. The Morgan fingerprint density at radius 1 is 1.04 bits per heavy atom. The van der Waals surface area contributed by atoms with Crippen LogP contribution in [-0.4, -0.2) is 23.0 Å². The monoisotopic (exact) mass is 349 g/mol. The second-order valence-corrected chi connectivity index (χ2v) is 6.28. The van der Waals surface area contributed by atoms with Gasteiger partial charge in [-0.15, -0.1) is 0 Å². The molecule has 1 N–H and O–H groups in total. The SMILES string of the molecule is CCc1cc(CNC(=O)c2ccc3nc(C)c(C)nc3c2)ccc1OC. The van der Waals surface area contributed by atoms with Crippen LogP contribution in [0.5, 0.6) is 5.75 Å². The zero-order valence-corrected chi connectivity index (χ0v) is 15.6. The summed E-state index contributed by atoms with van der Waals surface area (Å²) in [5, 5.41) is 2.97. The maximum atomic E-state index is 12.5. The van der Waals surface area contributed by atoms with E-state index < -0.39 is 0 Å². The van der Waals surface area contributed by atoms with E-state index in [1.165, 1.54) is 0 Å². The predicted octanol–water partition coefficient (Wildman–Crippen LogP) is 3.75. The molecule has 0 aliphatic rings. The first kappa shape index (κ1) is 17.9. The number of methoxy groups -OCH3 is 1. The number of amides is 1. The lowest BCUT2D eigenvalue weighted by atomic mass is 10.1. The van der Waals surface area contributed by atoms with Crippen molar-refractivity contribution in [2.24, 2.45) is 0 Å². The van der Waals surface area contributed by atoms with E-state index in [4.69, 9.17) is 4.74 Å². The zero-order chi connectivity index (χ0) is 18.7. The summed E-state index contributed by atoms with van der Waals surface area (Å²) in [5.41, 5.74) is 6.07. The highest BCUT2D eigenvalue weighted by molar-refractivity contribution is 5.97. The van der Waals surface area contributed by atoms with E-state index in [1.54, 1.807) is 19.2 Å². The Morgan fingerprint density at radius 3 is 2.46 bits per heavy atom. The third kappa shape index (κ3) is 3.67. The van der Waals surface area contributed by atoms with Gasteiger partial charge in [-0.2, -0.15) is 0 Å². The van der Waals surface area contributed by atoms with Crippen LogP contribution in [0, 0.1) is 13.8 Å². The number of benzene rings is 2. The molecule has 3 aromatic rings. The van der Waals surface area contributed by atoms with E-state index in [9.17, 15) is 4.79 Å². The third-order valence-corrected chi connectivity index (χ3v) is 4.52. The van der Waals surface area contributed by atoms with Crippen molar-refractivity contribution >= 4 is 16.9 Å². The molecule has 0 aliphatic heterocycles. The highest BCUT2D eigenvalue weighted by atomic mass is 16.5. The highest BCUT2D eigenvalue weighted by Crippen LogP contribution is 2.20. The van der Waals surface area contributed by atoms with Crippen molar-refractivity contribution in [1.82, 2.24) is 15.3 Å². The van der Waals surface area contributed by atoms with Crippen molar-refractivity contribution < 1.29 is 9.53 Å². The fourth-order valence-electron chi connectivity index (χ4n) is 2.87. The van der Waals surface area contributed by atoms with Crippen molar-refractivity contribution in [1.29, 1.82) is 0 Å². The summed E-state index contributed by atoms with van der Waals surface area (Å²) >= 11 is 0. The molecule has 0 aliphatic carbocycles. The minimum atomic E-state index is -0.124. The van der Waals surface area contributed by atoms with Crippen molar-refractivity contribution in [3.05, 3.63) is 64.5 Å². The van der Waals surface area contributed by atoms with Crippen molar-refractivity contribution in [2.75, 3.05) is 7.11 Å². The van der Waals surface area contributed by atoms with Crippen LogP contribution in [0.15, 0.2) is 36.4 Å². The van der Waals surface area contributed by atoms with Crippen LogP contribution in [0.4, 0.5) is 0 Å². The molecule has 0 radical (unpaired) electrons. The molecule has 0 fully saturated rings. The van der Waals surface area contributed by atoms with Gasteiger partial charge in [0, 0.05) is 12.1 Å². The Hall–Kier alpha value is -2.95. The smallest absolute Gasteiger partial charge is 0.251 e. The van der Waals surface area contributed by atoms with Crippen LogP contribution < -0.4 is 10.1 Å². The molecule has 0 saturated heterocycles. The van der Waals surface area contributed by atoms with Crippen LogP contribution in [0.25, 0.3) is 11.0 Å². The Labute approximate surface area is 153 Å². The molecule has 0 bridgehead atoms. The Bertz CT molecular complexity index is 967. The second-order valence-electron chi connectivity index (χ2n) is 6.28. The number of fused-ring (bicyclic) bond motifs is 1. The molecular weight excluding hydrogens is 326 g/mol. The first-order valence-corrected chi connectivity index (χ1v) is 8.70. The molecule has 0 unspecified atom stereocenters. The normalized spacial score (nSPS) is 10.8. The van der Waals surface area contributed by atoms with E-state index in [0.717, 1.165) is 45.7 Å². The Balaban J connectivity index is 1.76. The summed E-state index contributed by atoms with van der Waals surface area (Å²) in [7, 11) is 1.67. The molecule has 0 saturated carbocycles. The van der Waals surface area contributed by atoms with E-state index >= 15 is 0 Å². The van der Waals surface area contributed by atoms with Gasteiger partial charge < -0.3 is 10.1 Å². The van der Waals surface area contributed by atoms with Crippen molar-refractivity contribution in [3.63, 3.8) is 0 Å².